The van der Waals surface area contributed by atoms with Crippen LogP contribution in [0.2, 0.25) is 0 Å². The first-order valence-corrected chi connectivity index (χ1v) is 11.0. The Hall–Kier alpha value is -2.68. The quantitative estimate of drug-likeness (QED) is 0.702. The largest absolute Gasteiger partial charge is 0.308 e. The van der Waals surface area contributed by atoms with E-state index in [0.29, 0.717) is 41.9 Å². The summed E-state index contributed by atoms with van der Waals surface area (Å²) in [5.41, 5.74) is 3.13. The summed E-state index contributed by atoms with van der Waals surface area (Å²) < 4.78 is 27.7. The predicted octanol–water partition coefficient (Wildman–Crippen LogP) is 1.74. The van der Waals surface area contributed by atoms with Gasteiger partial charge in [-0.3, -0.25) is 13.8 Å². The van der Waals surface area contributed by atoms with Crippen molar-refractivity contribution in [2.75, 3.05) is 16.6 Å². The molecule has 0 atom stereocenters. The molecule has 28 heavy (non-hydrogen) atoms. The number of sulfonamides is 1. The second-order valence-electron chi connectivity index (χ2n) is 7.08. The standard InChI is InChI=1S/C19H23N5O3S/c1-3-7-14-17-18(23(2)22-14)19(25)21-16(20-17)12-13-8-4-5-9-15(13)24-10-6-11-28(24,26)27/h4-5,8-9H,3,6-7,10-12H2,1-2H3,(H,20,21,25). The lowest BCUT2D eigenvalue weighted by Gasteiger charge is -2.20. The first-order chi connectivity index (χ1) is 13.4. The second-order valence-corrected chi connectivity index (χ2v) is 9.09. The number of fused-ring (bicyclic) bond motifs is 1. The van der Waals surface area contributed by atoms with E-state index in [1.54, 1.807) is 17.8 Å². The molecule has 1 aliphatic heterocycles. The van der Waals surface area contributed by atoms with Crippen LogP contribution < -0.4 is 9.86 Å². The van der Waals surface area contributed by atoms with E-state index in [2.05, 4.69) is 22.0 Å². The van der Waals surface area contributed by atoms with Crippen LogP contribution in [0.1, 0.15) is 36.8 Å². The van der Waals surface area contributed by atoms with Crippen LogP contribution in [0.4, 0.5) is 5.69 Å². The summed E-state index contributed by atoms with van der Waals surface area (Å²) in [5.74, 6) is 0.672. The van der Waals surface area contributed by atoms with E-state index in [9.17, 15) is 13.2 Å². The predicted molar refractivity (Wildman–Crippen MR) is 108 cm³/mol. The molecular weight excluding hydrogens is 378 g/mol. The summed E-state index contributed by atoms with van der Waals surface area (Å²) in [4.78, 5) is 20.1. The van der Waals surface area contributed by atoms with Gasteiger partial charge in [0.15, 0.2) is 5.52 Å². The van der Waals surface area contributed by atoms with E-state index in [1.165, 1.54) is 4.31 Å². The van der Waals surface area contributed by atoms with Gasteiger partial charge in [0.25, 0.3) is 5.56 Å². The van der Waals surface area contributed by atoms with E-state index in [1.807, 2.05) is 18.2 Å². The number of aromatic nitrogens is 4. The second kappa shape index (κ2) is 7.05. The van der Waals surface area contributed by atoms with E-state index >= 15 is 0 Å². The van der Waals surface area contributed by atoms with Gasteiger partial charge in [-0.15, -0.1) is 0 Å². The van der Waals surface area contributed by atoms with Crippen LogP contribution >= 0.6 is 0 Å². The molecule has 0 radical (unpaired) electrons. The Bertz CT molecular complexity index is 1200. The molecule has 1 saturated heterocycles. The van der Waals surface area contributed by atoms with E-state index in [-0.39, 0.29) is 11.3 Å². The van der Waals surface area contributed by atoms with Crippen LogP contribution in [-0.4, -0.2) is 40.5 Å². The molecule has 0 saturated carbocycles. The Labute approximate surface area is 163 Å². The zero-order valence-electron chi connectivity index (χ0n) is 16.0. The molecule has 1 N–H and O–H groups in total. The van der Waals surface area contributed by atoms with Crippen molar-refractivity contribution in [3.8, 4) is 0 Å². The molecule has 1 fully saturated rings. The van der Waals surface area contributed by atoms with Crippen molar-refractivity contribution in [3.63, 3.8) is 0 Å². The number of nitrogens with zero attached hydrogens (tertiary/aromatic N) is 4. The number of aromatic amines is 1. The van der Waals surface area contributed by atoms with Gasteiger partial charge >= 0.3 is 0 Å². The summed E-state index contributed by atoms with van der Waals surface area (Å²) >= 11 is 0. The van der Waals surface area contributed by atoms with E-state index in [0.717, 1.165) is 24.1 Å². The lowest BCUT2D eigenvalue weighted by molar-refractivity contribution is 0.599. The average molecular weight is 401 g/mol. The average Bonchev–Trinajstić information content (AvgIpc) is 3.15. The molecule has 3 aromatic rings. The van der Waals surface area contributed by atoms with E-state index in [4.69, 9.17) is 0 Å². The third-order valence-corrected chi connectivity index (χ3v) is 6.87. The van der Waals surface area contributed by atoms with Gasteiger partial charge in [-0.05, 0) is 24.5 Å². The number of benzene rings is 1. The first-order valence-electron chi connectivity index (χ1n) is 9.44. The van der Waals surface area contributed by atoms with Gasteiger partial charge < -0.3 is 4.98 Å². The maximum absolute atomic E-state index is 12.6. The molecule has 0 unspecified atom stereocenters. The fourth-order valence-electron chi connectivity index (χ4n) is 3.78. The minimum Gasteiger partial charge on any atom is -0.308 e. The van der Waals surface area contributed by atoms with Crippen molar-refractivity contribution < 1.29 is 8.42 Å². The van der Waals surface area contributed by atoms with E-state index < -0.39 is 10.0 Å². The third kappa shape index (κ3) is 3.19. The van der Waals surface area contributed by atoms with Gasteiger partial charge in [-0.1, -0.05) is 31.5 Å². The molecule has 8 nitrogen and oxygen atoms in total. The molecule has 2 aromatic heterocycles. The Morgan fingerprint density at radius 2 is 2.04 bits per heavy atom. The molecular formula is C19H23N5O3S. The van der Waals surface area contributed by atoms with Crippen molar-refractivity contribution in [3.05, 3.63) is 51.7 Å². The molecule has 4 rings (SSSR count). The van der Waals surface area contributed by atoms with Crippen molar-refractivity contribution in [2.24, 2.45) is 7.05 Å². The summed E-state index contributed by atoms with van der Waals surface area (Å²) in [5, 5.41) is 4.43. The molecule has 0 bridgehead atoms. The van der Waals surface area contributed by atoms with Crippen molar-refractivity contribution in [1.82, 2.24) is 19.7 Å². The zero-order valence-corrected chi connectivity index (χ0v) is 16.8. The Balaban J connectivity index is 1.77. The SMILES string of the molecule is CCCc1nn(C)c2c(=O)[nH]c(Cc3ccccc3N3CCCS3(=O)=O)nc12. The van der Waals surface area contributed by atoms with Crippen molar-refractivity contribution in [1.29, 1.82) is 0 Å². The third-order valence-electron chi connectivity index (χ3n) is 5.02. The van der Waals surface area contributed by atoms with Gasteiger partial charge in [0, 0.05) is 20.0 Å². The highest BCUT2D eigenvalue weighted by Gasteiger charge is 2.30. The molecule has 0 amide bonds. The highest BCUT2D eigenvalue weighted by molar-refractivity contribution is 7.93. The number of rotatable bonds is 5. The normalized spacial score (nSPS) is 16.1. The number of para-hydroxylation sites is 1. The Kier molecular flexibility index (Phi) is 4.70. The molecule has 148 valence electrons. The summed E-state index contributed by atoms with van der Waals surface area (Å²) in [6.45, 7) is 2.53. The monoisotopic (exact) mass is 401 g/mol. The molecule has 0 spiro atoms. The fraction of sp³-hybridized carbons (Fsp3) is 0.421. The number of nitrogens with one attached hydrogen (secondary N) is 1. The number of hydrogen-bond donors (Lipinski definition) is 1. The number of aryl methyl sites for hydroxylation is 2. The molecule has 1 aromatic carbocycles. The van der Waals surface area contributed by atoms with Gasteiger partial charge in [0.05, 0.1) is 17.1 Å². The first kappa shape index (κ1) is 18.7. The minimum atomic E-state index is -3.28. The highest BCUT2D eigenvalue weighted by atomic mass is 32.2. The summed E-state index contributed by atoms with van der Waals surface area (Å²) in [6, 6.07) is 7.38. The fourth-order valence-corrected chi connectivity index (χ4v) is 5.38. The minimum absolute atomic E-state index is 0.165. The van der Waals surface area contributed by atoms with Gasteiger partial charge in [-0.2, -0.15) is 5.10 Å². The number of H-pyrrole nitrogens is 1. The molecule has 1 aliphatic rings. The molecule has 0 aliphatic carbocycles. The van der Waals surface area contributed by atoms with Crippen LogP contribution in [0.15, 0.2) is 29.1 Å². The molecule has 9 heteroatoms. The summed E-state index contributed by atoms with van der Waals surface area (Å²) in [7, 11) is -1.54. The van der Waals surface area contributed by atoms with Crippen molar-refractivity contribution in [2.45, 2.75) is 32.6 Å². The topological polar surface area (TPSA) is 101 Å². The number of anilines is 1. The Morgan fingerprint density at radius 3 is 2.75 bits per heavy atom. The van der Waals surface area contributed by atoms with Gasteiger partial charge in [0.1, 0.15) is 11.3 Å². The van der Waals surface area contributed by atoms with Gasteiger partial charge in [0.2, 0.25) is 10.0 Å². The number of hydrogen-bond acceptors (Lipinski definition) is 5. The Morgan fingerprint density at radius 1 is 1.25 bits per heavy atom. The maximum Gasteiger partial charge on any atom is 0.277 e. The maximum atomic E-state index is 12.6. The van der Waals surface area contributed by atoms with Crippen molar-refractivity contribution >= 4 is 26.7 Å². The molecule has 3 heterocycles. The lowest BCUT2D eigenvalue weighted by Crippen LogP contribution is -2.26. The smallest absolute Gasteiger partial charge is 0.277 e. The van der Waals surface area contributed by atoms with Gasteiger partial charge in [-0.25, -0.2) is 13.4 Å². The lowest BCUT2D eigenvalue weighted by atomic mass is 10.1. The highest BCUT2D eigenvalue weighted by Crippen LogP contribution is 2.28. The van der Waals surface area contributed by atoms with Crippen LogP contribution in [0.25, 0.3) is 11.0 Å². The van der Waals surface area contributed by atoms with Crippen LogP contribution in [0.3, 0.4) is 0 Å². The van der Waals surface area contributed by atoms with Crippen LogP contribution in [0.5, 0.6) is 0 Å². The van der Waals surface area contributed by atoms with Crippen LogP contribution in [0, 0.1) is 0 Å². The zero-order chi connectivity index (χ0) is 19.9. The van der Waals surface area contributed by atoms with Crippen LogP contribution in [-0.2, 0) is 29.9 Å². The summed E-state index contributed by atoms with van der Waals surface area (Å²) in [6.07, 6.45) is 2.61.